The molecule has 92 valence electrons. The second-order valence-electron chi connectivity index (χ2n) is 4.92. The number of rotatable bonds is 4. The zero-order chi connectivity index (χ0) is 12.9. The maximum absolute atomic E-state index is 11.4. The Morgan fingerprint density at radius 1 is 1.38 bits per heavy atom. The molecule has 0 spiro atoms. The van der Waals surface area contributed by atoms with Gasteiger partial charge in [0.25, 0.3) is 0 Å². The van der Waals surface area contributed by atoms with E-state index in [4.69, 9.17) is 5.11 Å². The number of nitrogens with one attached hydrogen (secondary N) is 2. The number of urea groups is 1. The first kappa shape index (κ1) is 14.5. The van der Waals surface area contributed by atoms with Crippen molar-refractivity contribution < 1.29 is 14.7 Å². The zero-order valence-electron chi connectivity index (χ0n) is 10.3. The SMILES string of the molecule is C=C(C)CNC(=O)N[C@@H](C(=O)O)C(C)(C)C. The number of carboxylic acids is 1. The molecule has 3 N–H and O–H groups in total. The third-order valence-corrected chi connectivity index (χ3v) is 1.94. The van der Waals surface area contributed by atoms with Crippen molar-refractivity contribution in [2.45, 2.75) is 33.7 Å². The van der Waals surface area contributed by atoms with Crippen LogP contribution in [0, 0.1) is 5.41 Å². The number of carboxylic acid groups (broad SMARTS) is 1. The van der Waals surface area contributed by atoms with Crippen molar-refractivity contribution in [2.24, 2.45) is 5.41 Å². The lowest BCUT2D eigenvalue weighted by atomic mass is 9.87. The van der Waals surface area contributed by atoms with Crippen LogP contribution in [-0.2, 0) is 4.79 Å². The van der Waals surface area contributed by atoms with E-state index < -0.39 is 23.5 Å². The second kappa shape index (κ2) is 5.53. The van der Waals surface area contributed by atoms with Gasteiger partial charge >= 0.3 is 12.0 Å². The van der Waals surface area contributed by atoms with Crippen LogP contribution in [0.15, 0.2) is 12.2 Å². The number of hydrogen-bond donors (Lipinski definition) is 3. The monoisotopic (exact) mass is 228 g/mol. The molecule has 0 aromatic carbocycles. The summed E-state index contributed by atoms with van der Waals surface area (Å²) in [6.07, 6.45) is 0. The first-order valence-electron chi connectivity index (χ1n) is 5.06. The Balaban J connectivity index is 4.37. The van der Waals surface area contributed by atoms with Crippen LogP contribution in [0.2, 0.25) is 0 Å². The number of hydrogen-bond acceptors (Lipinski definition) is 2. The van der Waals surface area contributed by atoms with Gasteiger partial charge in [0, 0.05) is 6.54 Å². The lowest BCUT2D eigenvalue weighted by Crippen LogP contribution is -2.52. The number of carbonyl (C=O) groups is 2. The van der Waals surface area contributed by atoms with Crippen LogP contribution in [0.3, 0.4) is 0 Å². The van der Waals surface area contributed by atoms with E-state index in [1.165, 1.54) is 0 Å². The van der Waals surface area contributed by atoms with Gasteiger partial charge in [-0.25, -0.2) is 9.59 Å². The van der Waals surface area contributed by atoms with Crippen molar-refractivity contribution in [2.75, 3.05) is 6.54 Å². The first-order chi connectivity index (χ1) is 7.14. The molecule has 0 bridgehead atoms. The van der Waals surface area contributed by atoms with Crippen molar-refractivity contribution >= 4 is 12.0 Å². The average molecular weight is 228 g/mol. The van der Waals surface area contributed by atoms with E-state index >= 15 is 0 Å². The number of aliphatic carboxylic acids is 1. The first-order valence-corrected chi connectivity index (χ1v) is 5.06. The number of carbonyl (C=O) groups excluding carboxylic acids is 1. The van der Waals surface area contributed by atoms with E-state index in [0.717, 1.165) is 5.57 Å². The third-order valence-electron chi connectivity index (χ3n) is 1.94. The molecule has 0 aromatic heterocycles. The fourth-order valence-electron chi connectivity index (χ4n) is 1.06. The molecule has 0 unspecified atom stereocenters. The molecule has 0 aliphatic heterocycles. The summed E-state index contributed by atoms with van der Waals surface area (Å²) in [7, 11) is 0. The highest BCUT2D eigenvalue weighted by molar-refractivity contribution is 5.83. The van der Waals surface area contributed by atoms with Crippen molar-refractivity contribution in [3.05, 3.63) is 12.2 Å². The van der Waals surface area contributed by atoms with E-state index in [2.05, 4.69) is 17.2 Å². The van der Waals surface area contributed by atoms with Crippen molar-refractivity contribution in [3.63, 3.8) is 0 Å². The van der Waals surface area contributed by atoms with E-state index in [-0.39, 0.29) is 0 Å². The molecule has 2 amide bonds. The second-order valence-corrected chi connectivity index (χ2v) is 4.92. The molecule has 0 aromatic rings. The minimum atomic E-state index is -1.04. The van der Waals surface area contributed by atoms with Crippen LogP contribution in [0.4, 0.5) is 4.79 Å². The Bertz CT molecular complexity index is 292. The molecule has 0 aliphatic rings. The summed E-state index contributed by atoms with van der Waals surface area (Å²) in [6, 6.07) is -1.41. The highest BCUT2D eigenvalue weighted by Crippen LogP contribution is 2.19. The van der Waals surface area contributed by atoms with E-state index in [9.17, 15) is 9.59 Å². The minimum absolute atomic E-state index is 0.336. The summed E-state index contributed by atoms with van der Waals surface area (Å²) in [6.45, 7) is 11.0. The Labute approximate surface area is 95.9 Å². The predicted molar refractivity (Wildman–Crippen MR) is 62.2 cm³/mol. The average Bonchev–Trinajstić information content (AvgIpc) is 2.08. The fraction of sp³-hybridized carbons (Fsp3) is 0.636. The zero-order valence-corrected chi connectivity index (χ0v) is 10.3. The lowest BCUT2D eigenvalue weighted by molar-refractivity contribution is -0.141. The maximum atomic E-state index is 11.4. The topological polar surface area (TPSA) is 78.4 Å². The van der Waals surface area contributed by atoms with Gasteiger partial charge in [-0.1, -0.05) is 32.9 Å². The van der Waals surface area contributed by atoms with Gasteiger partial charge in [-0.3, -0.25) is 0 Å². The minimum Gasteiger partial charge on any atom is -0.480 e. The van der Waals surface area contributed by atoms with Crippen molar-refractivity contribution in [1.82, 2.24) is 10.6 Å². The quantitative estimate of drug-likeness (QED) is 0.636. The van der Waals surface area contributed by atoms with Crippen molar-refractivity contribution in [3.8, 4) is 0 Å². The van der Waals surface area contributed by atoms with Gasteiger partial charge in [0.1, 0.15) is 6.04 Å². The molecule has 0 aliphatic carbocycles. The van der Waals surface area contributed by atoms with Crippen LogP contribution < -0.4 is 10.6 Å². The van der Waals surface area contributed by atoms with E-state index in [1.807, 2.05) is 0 Å². The highest BCUT2D eigenvalue weighted by atomic mass is 16.4. The summed E-state index contributed by atoms with van der Waals surface area (Å²) >= 11 is 0. The van der Waals surface area contributed by atoms with Crippen LogP contribution in [0.5, 0.6) is 0 Å². The Kier molecular flexibility index (Phi) is 5.01. The molecule has 0 radical (unpaired) electrons. The Morgan fingerprint density at radius 2 is 1.88 bits per heavy atom. The van der Waals surface area contributed by atoms with E-state index in [0.29, 0.717) is 6.54 Å². The summed E-state index contributed by atoms with van der Waals surface area (Å²) in [4.78, 5) is 22.3. The molecule has 1 atom stereocenters. The fourth-order valence-corrected chi connectivity index (χ4v) is 1.06. The van der Waals surface area contributed by atoms with Crippen LogP contribution in [0.1, 0.15) is 27.7 Å². The Morgan fingerprint density at radius 3 is 2.19 bits per heavy atom. The summed E-state index contributed by atoms with van der Waals surface area (Å²) < 4.78 is 0. The largest absolute Gasteiger partial charge is 0.480 e. The molecule has 0 heterocycles. The van der Waals surface area contributed by atoms with Gasteiger partial charge in [0.05, 0.1) is 0 Å². The smallest absolute Gasteiger partial charge is 0.326 e. The van der Waals surface area contributed by atoms with Crippen LogP contribution in [0.25, 0.3) is 0 Å². The molecule has 0 saturated carbocycles. The molecule has 5 heteroatoms. The van der Waals surface area contributed by atoms with Gasteiger partial charge in [-0.15, -0.1) is 0 Å². The van der Waals surface area contributed by atoms with Gasteiger partial charge in [-0.2, -0.15) is 0 Å². The standard InChI is InChI=1S/C11H20N2O3/c1-7(2)6-12-10(16)13-8(9(14)15)11(3,4)5/h8H,1,6H2,2-5H3,(H,14,15)(H2,12,13,16)/t8-/m0/s1. The molecule has 16 heavy (non-hydrogen) atoms. The molecular formula is C11H20N2O3. The molecule has 0 fully saturated rings. The molecule has 0 saturated heterocycles. The van der Waals surface area contributed by atoms with Crippen LogP contribution >= 0.6 is 0 Å². The Hall–Kier alpha value is -1.52. The third kappa shape index (κ3) is 5.38. The van der Waals surface area contributed by atoms with Crippen LogP contribution in [-0.4, -0.2) is 29.7 Å². The molecule has 0 rings (SSSR count). The normalized spacial score (nSPS) is 12.8. The lowest BCUT2D eigenvalue weighted by Gasteiger charge is -2.27. The van der Waals surface area contributed by atoms with E-state index in [1.54, 1.807) is 27.7 Å². The summed E-state index contributed by atoms with van der Waals surface area (Å²) in [5.74, 6) is -1.04. The maximum Gasteiger partial charge on any atom is 0.326 e. The number of amides is 2. The summed E-state index contributed by atoms with van der Waals surface area (Å²) in [5, 5.41) is 13.9. The summed E-state index contributed by atoms with van der Waals surface area (Å²) in [5.41, 5.74) is 0.268. The van der Waals surface area contributed by atoms with Gasteiger partial charge in [-0.05, 0) is 12.3 Å². The molecular weight excluding hydrogens is 208 g/mol. The van der Waals surface area contributed by atoms with Gasteiger partial charge in [0.15, 0.2) is 0 Å². The highest BCUT2D eigenvalue weighted by Gasteiger charge is 2.32. The van der Waals surface area contributed by atoms with Crippen molar-refractivity contribution in [1.29, 1.82) is 0 Å². The predicted octanol–water partition coefficient (Wildman–Crippen LogP) is 1.36. The molecule has 5 nitrogen and oxygen atoms in total. The van der Waals surface area contributed by atoms with Gasteiger partial charge in [0.2, 0.25) is 0 Å². The van der Waals surface area contributed by atoms with Gasteiger partial charge < -0.3 is 15.7 Å².